The van der Waals surface area contributed by atoms with Crippen LogP contribution in [0.2, 0.25) is 0 Å². The fourth-order valence-corrected chi connectivity index (χ4v) is 2.90. The van der Waals surface area contributed by atoms with Gasteiger partial charge >= 0.3 is 0 Å². The minimum atomic E-state index is 0.376. The predicted molar refractivity (Wildman–Crippen MR) is 77.7 cm³/mol. The maximum Gasteiger partial charge on any atom is 0.0238 e. The van der Waals surface area contributed by atoms with E-state index < -0.39 is 0 Å². The lowest BCUT2D eigenvalue weighted by Crippen LogP contribution is -2.45. The third-order valence-electron chi connectivity index (χ3n) is 3.44. The first-order chi connectivity index (χ1) is 8.44. The van der Waals surface area contributed by atoms with Gasteiger partial charge in [-0.25, -0.2) is 0 Å². The van der Waals surface area contributed by atoms with E-state index in [2.05, 4.69) is 62.3 Å². The SMILES string of the molecule is CN(CC1Cc2ccccc2CN1)CC(C)(C)C. The second-order valence-electron chi connectivity index (χ2n) is 6.81. The molecule has 0 radical (unpaired) electrons. The van der Waals surface area contributed by atoms with Crippen molar-refractivity contribution < 1.29 is 0 Å². The zero-order valence-electron chi connectivity index (χ0n) is 12.2. The minimum absolute atomic E-state index is 0.376. The quantitative estimate of drug-likeness (QED) is 0.882. The molecule has 1 atom stereocenters. The van der Waals surface area contributed by atoms with Gasteiger partial charge in [-0.1, -0.05) is 45.0 Å². The summed E-state index contributed by atoms with van der Waals surface area (Å²) < 4.78 is 0. The first kappa shape index (κ1) is 13.6. The molecule has 0 spiro atoms. The Hall–Kier alpha value is -0.860. The number of likely N-dealkylation sites (N-methyl/N-ethyl adjacent to an activating group) is 1. The molecule has 1 N–H and O–H groups in total. The van der Waals surface area contributed by atoms with Gasteiger partial charge < -0.3 is 10.2 Å². The molecule has 0 amide bonds. The fourth-order valence-electron chi connectivity index (χ4n) is 2.90. The van der Waals surface area contributed by atoms with E-state index in [1.165, 1.54) is 11.1 Å². The third kappa shape index (κ3) is 3.82. The second-order valence-corrected chi connectivity index (χ2v) is 6.81. The molecule has 1 aliphatic heterocycles. The van der Waals surface area contributed by atoms with Gasteiger partial charge in [0.25, 0.3) is 0 Å². The summed E-state index contributed by atoms with van der Waals surface area (Å²) in [5, 5.41) is 3.65. The Labute approximate surface area is 111 Å². The number of nitrogens with one attached hydrogen (secondary N) is 1. The topological polar surface area (TPSA) is 15.3 Å². The van der Waals surface area contributed by atoms with Gasteiger partial charge in [0.1, 0.15) is 0 Å². The highest BCUT2D eigenvalue weighted by Crippen LogP contribution is 2.18. The number of benzene rings is 1. The first-order valence-corrected chi connectivity index (χ1v) is 6.93. The van der Waals surface area contributed by atoms with Crippen LogP contribution in [0.1, 0.15) is 31.9 Å². The minimum Gasteiger partial charge on any atom is -0.308 e. The third-order valence-corrected chi connectivity index (χ3v) is 3.44. The summed E-state index contributed by atoms with van der Waals surface area (Å²) in [5.74, 6) is 0. The van der Waals surface area contributed by atoms with Crippen LogP contribution in [0.15, 0.2) is 24.3 Å². The van der Waals surface area contributed by atoms with Crippen molar-refractivity contribution in [2.45, 2.75) is 39.8 Å². The van der Waals surface area contributed by atoms with Gasteiger partial charge in [-0.15, -0.1) is 0 Å². The molecule has 2 nitrogen and oxygen atoms in total. The molecule has 0 aromatic heterocycles. The lowest BCUT2D eigenvalue weighted by atomic mass is 9.94. The van der Waals surface area contributed by atoms with Crippen LogP contribution in [0.25, 0.3) is 0 Å². The Kier molecular flexibility index (Phi) is 4.08. The molecule has 2 rings (SSSR count). The number of nitrogens with zero attached hydrogens (tertiary/aromatic N) is 1. The van der Waals surface area contributed by atoms with Gasteiger partial charge in [0.15, 0.2) is 0 Å². The Morgan fingerprint density at radius 3 is 2.56 bits per heavy atom. The van der Waals surface area contributed by atoms with E-state index in [0.29, 0.717) is 11.5 Å². The van der Waals surface area contributed by atoms with Crippen molar-refractivity contribution in [2.24, 2.45) is 5.41 Å². The molecule has 18 heavy (non-hydrogen) atoms. The highest BCUT2D eigenvalue weighted by Gasteiger charge is 2.20. The molecule has 1 unspecified atom stereocenters. The predicted octanol–water partition coefficient (Wildman–Crippen LogP) is 2.68. The van der Waals surface area contributed by atoms with E-state index in [-0.39, 0.29) is 0 Å². The maximum absolute atomic E-state index is 3.65. The van der Waals surface area contributed by atoms with Crippen molar-refractivity contribution >= 4 is 0 Å². The van der Waals surface area contributed by atoms with Gasteiger partial charge in [0, 0.05) is 25.7 Å². The number of rotatable bonds is 3. The average molecular weight is 246 g/mol. The monoisotopic (exact) mass is 246 g/mol. The number of fused-ring (bicyclic) bond motifs is 1. The fraction of sp³-hybridized carbons (Fsp3) is 0.625. The van der Waals surface area contributed by atoms with E-state index in [0.717, 1.165) is 26.1 Å². The van der Waals surface area contributed by atoms with Crippen molar-refractivity contribution in [3.8, 4) is 0 Å². The molecule has 0 aliphatic carbocycles. The van der Waals surface area contributed by atoms with Crippen LogP contribution in [-0.2, 0) is 13.0 Å². The maximum atomic E-state index is 3.65. The summed E-state index contributed by atoms with van der Waals surface area (Å²) in [5.41, 5.74) is 3.36. The van der Waals surface area contributed by atoms with E-state index >= 15 is 0 Å². The molecular formula is C16H26N2. The second kappa shape index (κ2) is 5.41. The zero-order chi connectivity index (χ0) is 13.2. The molecule has 1 aliphatic rings. The van der Waals surface area contributed by atoms with Gasteiger partial charge in [-0.2, -0.15) is 0 Å². The largest absolute Gasteiger partial charge is 0.308 e. The molecule has 0 bridgehead atoms. The van der Waals surface area contributed by atoms with Crippen molar-refractivity contribution in [3.05, 3.63) is 35.4 Å². The van der Waals surface area contributed by atoms with Crippen molar-refractivity contribution in [3.63, 3.8) is 0 Å². The summed E-state index contributed by atoms with van der Waals surface area (Å²) in [6.45, 7) is 10.2. The molecule has 1 heterocycles. The Balaban J connectivity index is 1.90. The summed E-state index contributed by atoms with van der Waals surface area (Å²) in [6, 6.07) is 9.38. The van der Waals surface area contributed by atoms with E-state index in [1.54, 1.807) is 0 Å². The summed E-state index contributed by atoms with van der Waals surface area (Å²) in [6.07, 6.45) is 1.16. The molecule has 1 aromatic rings. The molecule has 100 valence electrons. The lowest BCUT2D eigenvalue weighted by molar-refractivity contribution is 0.204. The highest BCUT2D eigenvalue weighted by molar-refractivity contribution is 5.29. The standard InChI is InChI=1S/C16H26N2/c1-16(2,3)12-18(4)11-15-9-13-7-5-6-8-14(13)10-17-15/h5-8,15,17H,9-12H2,1-4H3. The van der Waals surface area contributed by atoms with E-state index in [9.17, 15) is 0 Å². The van der Waals surface area contributed by atoms with Crippen LogP contribution < -0.4 is 5.32 Å². The van der Waals surface area contributed by atoms with Crippen molar-refractivity contribution in [2.75, 3.05) is 20.1 Å². The van der Waals surface area contributed by atoms with Gasteiger partial charge in [-0.05, 0) is 30.0 Å². The smallest absolute Gasteiger partial charge is 0.0238 e. The Morgan fingerprint density at radius 2 is 1.89 bits per heavy atom. The number of hydrogen-bond donors (Lipinski definition) is 1. The Morgan fingerprint density at radius 1 is 1.22 bits per heavy atom. The van der Waals surface area contributed by atoms with Gasteiger partial charge in [0.05, 0.1) is 0 Å². The lowest BCUT2D eigenvalue weighted by Gasteiger charge is -2.32. The van der Waals surface area contributed by atoms with Gasteiger partial charge in [0.2, 0.25) is 0 Å². The molecule has 0 saturated carbocycles. The van der Waals surface area contributed by atoms with Crippen molar-refractivity contribution in [1.82, 2.24) is 10.2 Å². The normalized spacial score (nSPS) is 19.9. The highest BCUT2D eigenvalue weighted by atomic mass is 15.1. The average Bonchev–Trinajstić information content (AvgIpc) is 2.26. The zero-order valence-corrected chi connectivity index (χ0v) is 12.2. The van der Waals surface area contributed by atoms with E-state index in [4.69, 9.17) is 0 Å². The molecule has 2 heteroatoms. The van der Waals surface area contributed by atoms with Crippen molar-refractivity contribution in [1.29, 1.82) is 0 Å². The summed E-state index contributed by atoms with van der Waals surface area (Å²) >= 11 is 0. The van der Waals surface area contributed by atoms with Crippen LogP contribution in [0, 0.1) is 5.41 Å². The molecule has 1 aromatic carbocycles. The number of hydrogen-bond acceptors (Lipinski definition) is 2. The van der Waals surface area contributed by atoms with E-state index in [1.807, 2.05) is 0 Å². The summed E-state index contributed by atoms with van der Waals surface area (Å²) in [7, 11) is 2.23. The van der Waals surface area contributed by atoms with Crippen LogP contribution in [0.3, 0.4) is 0 Å². The molecule has 0 fully saturated rings. The summed E-state index contributed by atoms with van der Waals surface area (Å²) in [4.78, 5) is 2.45. The molecule has 0 saturated heterocycles. The van der Waals surface area contributed by atoms with Gasteiger partial charge in [-0.3, -0.25) is 0 Å². The van der Waals surface area contributed by atoms with Crippen LogP contribution >= 0.6 is 0 Å². The van der Waals surface area contributed by atoms with Crippen LogP contribution in [0.4, 0.5) is 0 Å². The van der Waals surface area contributed by atoms with Crippen LogP contribution in [0.5, 0.6) is 0 Å². The molecular weight excluding hydrogens is 220 g/mol. The Bertz CT molecular complexity index is 392. The van der Waals surface area contributed by atoms with Crippen LogP contribution in [-0.4, -0.2) is 31.1 Å². The first-order valence-electron chi connectivity index (χ1n) is 6.93.